The van der Waals surface area contributed by atoms with Gasteiger partial charge in [0.15, 0.2) is 0 Å². The summed E-state index contributed by atoms with van der Waals surface area (Å²) in [6, 6.07) is 0. The van der Waals surface area contributed by atoms with E-state index in [0.717, 1.165) is 32.5 Å². The fourth-order valence-corrected chi connectivity index (χ4v) is 2.70. The van der Waals surface area contributed by atoms with E-state index >= 15 is 0 Å². The van der Waals surface area contributed by atoms with E-state index in [1.807, 2.05) is 0 Å². The molecule has 0 unspecified atom stereocenters. The molecule has 0 bridgehead atoms. The predicted octanol–water partition coefficient (Wildman–Crippen LogP) is 1.03. The smallest absolute Gasteiger partial charge is 0.287 e. The molecule has 0 amide bonds. The fraction of sp³-hybridized carbons (Fsp3) is 0.714. The van der Waals surface area contributed by atoms with Gasteiger partial charge in [-0.05, 0) is 38.4 Å². The van der Waals surface area contributed by atoms with Gasteiger partial charge in [-0.15, -0.1) is 0 Å². The van der Waals surface area contributed by atoms with Crippen molar-refractivity contribution >= 4 is 17.3 Å². The van der Waals surface area contributed by atoms with E-state index < -0.39 is 0 Å². The Morgan fingerprint density at radius 3 is 2.76 bits per heavy atom. The van der Waals surface area contributed by atoms with Gasteiger partial charge in [-0.3, -0.25) is 4.79 Å². The zero-order valence-electron chi connectivity index (χ0n) is 12.6. The van der Waals surface area contributed by atoms with Crippen molar-refractivity contribution in [2.24, 2.45) is 5.41 Å². The van der Waals surface area contributed by atoms with Crippen LogP contribution in [-0.2, 0) is 6.54 Å². The van der Waals surface area contributed by atoms with E-state index in [4.69, 9.17) is 16.7 Å². The van der Waals surface area contributed by atoms with Gasteiger partial charge in [0.2, 0.25) is 0 Å². The number of hydrogen-bond acceptors (Lipinski definition) is 5. The third-order valence-corrected chi connectivity index (χ3v) is 4.56. The molecule has 1 aliphatic heterocycles. The summed E-state index contributed by atoms with van der Waals surface area (Å²) in [4.78, 5) is 14.3. The molecule has 118 valence electrons. The van der Waals surface area contributed by atoms with Crippen molar-refractivity contribution in [1.82, 2.24) is 14.7 Å². The molecule has 0 atom stereocenters. The van der Waals surface area contributed by atoms with Crippen LogP contribution in [0.2, 0.25) is 5.02 Å². The molecule has 1 saturated heterocycles. The highest BCUT2D eigenvalue weighted by Gasteiger charge is 2.28. The fourth-order valence-electron chi connectivity index (χ4n) is 2.49. The van der Waals surface area contributed by atoms with Crippen molar-refractivity contribution in [3.8, 4) is 0 Å². The Morgan fingerprint density at radius 2 is 2.14 bits per heavy atom. The van der Waals surface area contributed by atoms with Gasteiger partial charge in [0.1, 0.15) is 5.02 Å². The minimum Gasteiger partial charge on any atom is -0.394 e. The standard InChI is InChI=1S/C14H23ClN4O2/c1-14(3-5-18(2)6-4-14)10-16-11-9-17-19(7-8-20)13(21)12(11)15/h9,16,20H,3-8,10H2,1-2H3. The molecule has 0 radical (unpaired) electrons. The summed E-state index contributed by atoms with van der Waals surface area (Å²) in [6.45, 7) is 5.21. The molecule has 7 heteroatoms. The van der Waals surface area contributed by atoms with Crippen LogP contribution in [0.25, 0.3) is 0 Å². The highest BCUT2D eigenvalue weighted by molar-refractivity contribution is 6.32. The number of piperidine rings is 1. The number of aliphatic hydroxyl groups is 1. The summed E-state index contributed by atoms with van der Waals surface area (Å²) in [5.74, 6) is 0. The average Bonchev–Trinajstić information content (AvgIpc) is 2.47. The van der Waals surface area contributed by atoms with Crippen LogP contribution in [0.15, 0.2) is 11.0 Å². The van der Waals surface area contributed by atoms with Gasteiger partial charge >= 0.3 is 0 Å². The van der Waals surface area contributed by atoms with E-state index in [0.29, 0.717) is 5.69 Å². The molecule has 2 N–H and O–H groups in total. The zero-order valence-corrected chi connectivity index (χ0v) is 13.4. The Bertz CT molecular complexity index is 538. The first-order valence-electron chi connectivity index (χ1n) is 7.24. The second-order valence-electron chi connectivity index (χ2n) is 6.09. The maximum atomic E-state index is 12.0. The molecule has 1 fully saturated rings. The Kier molecular flexibility index (Phi) is 5.24. The van der Waals surface area contributed by atoms with Gasteiger partial charge in [0.05, 0.1) is 25.0 Å². The number of likely N-dealkylation sites (tertiary alicyclic amines) is 1. The van der Waals surface area contributed by atoms with E-state index in [9.17, 15) is 4.79 Å². The third kappa shape index (κ3) is 3.96. The first-order valence-corrected chi connectivity index (χ1v) is 7.62. The van der Waals surface area contributed by atoms with Crippen LogP contribution >= 0.6 is 11.6 Å². The molecular weight excluding hydrogens is 292 g/mol. The first kappa shape index (κ1) is 16.3. The summed E-state index contributed by atoms with van der Waals surface area (Å²) in [5, 5.41) is 16.3. The lowest BCUT2D eigenvalue weighted by Gasteiger charge is -2.38. The Morgan fingerprint density at radius 1 is 1.48 bits per heavy atom. The number of aromatic nitrogens is 2. The molecule has 2 heterocycles. The number of anilines is 1. The van der Waals surface area contributed by atoms with Gasteiger partial charge < -0.3 is 15.3 Å². The molecule has 0 saturated carbocycles. The largest absolute Gasteiger partial charge is 0.394 e. The number of aliphatic hydroxyl groups excluding tert-OH is 1. The second-order valence-corrected chi connectivity index (χ2v) is 6.47. The van der Waals surface area contributed by atoms with Crippen LogP contribution in [0.5, 0.6) is 0 Å². The normalized spacial score (nSPS) is 18.7. The van der Waals surface area contributed by atoms with Crippen LogP contribution in [-0.4, -0.2) is 53.1 Å². The Balaban J connectivity index is 2.03. The van der Waals surface area contributed by atoms with Gasteiger partial charge in [0.25, 0.3) is 5.56 Å². The minimum absolute atomic E-state index is 0.134. The van der Waals surface area contributed by atoms with E-state index in [1.54, 1.807) is 6.20 Å². The third-order valence-electron chi connectivity index (χ3n) is 4.20. The van der Waals surface area contributed by atoms with Crippen LogP contribution in [0.3, 0.4) is 0 Å². The topological polar surface area (TPSA) is 70.4 Å². The van der Waals surface area contributed by atoms with E-state index in [1.165, 1.54) is 4.68 Å². The number of rotatable bonds is 5. The minimum atomic E-state index is -0.371. The van der Waals surface area contributed by atoms with Crippen molar-refractivity contribution in [2.75, 3.05) is 38.6 Å². The molecule has 21 heavy (non-hydrogen) atoms. The lowest BCUT2D eigenvalue weighted by molar-refractivity contribution is 0.150. The van der Waals surface area contributed by atoms with E-state index in [-0.39, 0.29) is 29.1 Å². The molecule has 1 aromatic rings. The van der Waals surface area contributed by atoms with Crippen molar-refractivity contribution in [2.45, 2.75) is 26.3 Å². The van der Waals surface area contributed by atoms with Crippen LogP contribution in [0.1, 0.15) is 19.8 Å². The van der Waals surface area contributed by atoms with Crippen LogP contribution in [0.4, 0.5) is 5.69 Å². The molecule has 2 rings (SSSR count). The van der Waals surface area contributed by atoms with Gasteiger partial charge in [-0.25, -0.2) is 4.68 Å². The zero-order chi connectivity index (χ0) is 15.5. The Hall–Kier alpha value is -1.11. The van der Waals surface area contributed by atoms with E-state index in [2.05, 4.69) is 29.3 Å². The quantitative estimate of drug-likeness (QED) is 0.849. The van der Waals surface area contributed by atoms with Gasteiger partial charge in [-0.2, -0.15) is 5.10 Å². The molecule has 6 nitrogen and oxygen atoms in total. The monoisotopic (exact) mass is 314 g/mol. The predicted molar refractivity (Wildman–Crippen MR) is 83.9 cm³/mol. The molecule has 0 spiro atoms. The number of nitrogens with one attached hydrogen (secondary N) is 1. The molecule has 0 aliphatic carbocycles. The van der Waals surface area contributed by atoms with Crippen molar-refractivity contribution in [3.05, 3.63) is 21.6 Å². The lowest BCUT2D eigenvalue weighted by Crippen LogP contribution is -2.40. The second kappa shape index (κ2) is 6.77. The summed E-state index contributed by atoms with van der Waals surface area (Å²) in [6.07, 6.45) is 3.78. The summed E-state index contributed by atoms with van der Waals surface area (Å²) >= 11 is 6.09. The number of hydrogen-bond donors (Lipinski definition) is 2. The van der Waals surface area contributed by atoms with Crippen molar-refractivity contribution < 1.29 is 5.11 Å². The number of halogens is 1. The lowest BCUT2D eigenvalue weighted by atomic mass is 9.80. The SMILES string of the molecule is CN1CCC(C)(CNc2cnn(CCO)c(=O)c2Cl)CC1. The molecule has 1 aliphatic rings. The summed E-state index contributed by atoms with van der Waals surface area (Å²) in [7, 11) is 2.13. The maximum absolute atomic E-state index is 12.0. The first-order chi connectivity index (χ1) is 9.95. The molecule has 0 aromatic carbocycles. The van der Waals surface area contributed by atoms with Crippen LogP contribution in [0, 0.1) is 5.41 Å². The van der Waals surface area contributed by atoms with Crippen molar-refractivity contribution in [3.63, 3.8) is 0 Å². The van der Waals surface area contributed by atoms with Gasteiger partial charge in [-0.1, -0.05) is 18.5 Å². The highest BCUT2D eigenvalue weighted by Crippen LogP contribution is 2.31. The highest BCUT2D eigenvalue weighted by atomic mass is 35.5. The molecular formula is C14H23ClN4O2. The summed E-state index contributed by atoms with van der Waals surface area (Å²) < 4.78 is 1.17. The molecule has 1 aromatic heterocycles. The Labute approximate surface area is 129 Å². The summed E-state index contributed by atoms with van der Waals surface area (Å²) in [5.41, 5.74) is 0.399. The van der Waals surface area contributed by atoms with Gasteiger partial charge in [0, 0.05) is 6.54 Å². The number of nitrogens with zero attached hydrogens (tertiary/aromatic N) is 3. The average molecular weight is 315 g/mol. The van der Waals surface area contributed by atoms with Crippen molar-refractivity contribution in [1.29, 1.82) is 0 Å². The maximum Gasteiger partial charge on any atom is 0.287 e. The van der Waals surface area contributed by atoms with Crippen LogP contribution < -0.4 is 10.9 Å².